The second-order valence-electron chi connectivity index (χ2n) is 4.86. The first kappa shape index (κ1) is 11.0. The lowest BCUT2D eigenvalue weighted by atomic mass is 9.88. The molecule has 14 heavy (non-hydrogen) atoms. The van der Waals surface area contributed by atoms with Gasteiger partial charge in [0, 0.05) is 11.8 Å². The average Bonchev–Trinajstić information content (AvgIpc) is 2.88. The first-order valence-electron chi connectivity index (χ1n) is 6.01. The first-order chi connectivity index (χ1) is 6.77. The smallest absolute Gasteiger partial charge is 0.148 e. The van der Waals surface area contributed by atoms with Gasteiger partial charge in [0.25, 0.3) is 0 Å². The van der Waals surface area contributed by atoms with Crippen LogP contribution in [0.1, 0.15) is 51.4 Å². The summed E-state index contributed by atoms with van der Waals surface area (Å²) in [5.74, 6) is 1.29. The van der Waals surface area contributed by atoms with Gasteiger partial charge < -0.3 is 4.43 Å². The predicted molar refractivity (Wildman–Crippen MR) is 63.5 cm³/mol. The van der Waals surface area contributed by atoms with Crippen LogP contribution in [0.2, 0.25) is 0 Å². The Morgan fingerprint density at radius 3 is 1.57 bits per heavy atom. The molecule has 2 fully saturated rings. The van der Waals surface area contributed by atoms with Gasteiger partial charge in [0.2, 0.25) is 0 Å². The lowest BCUT2D eigenvalue weighted by Gasteiger charge is -2.37. The van der Waals surface area contributed by atoms with Gasteiger partial charge in [-0.2, -0.15) is 0 Å². The van der Waals surface area contributed by atoms with E-state index in [9.17, 15) is 0 Å². The molecule has 0 saturated heterocycles. The van der Waals surface area contributed by atoms with Crippen molar-refractivity contribution in [2.24, 2.45) is 11.8 Å². The fraction of sp³-hybridized carbons (Fsp3) is 1.00. The molecule has 0 heterocycles. The molecule has 0 atom stereocenters. The van der Waals surface area contributed by atoms with Crippen LogP contribution in [0.15, 0.2) is 0 Å². The van der Waals surface area contributed by atoms with E-state index in [0.717, 1.165) is 10.5 Å². The van der Waals surface area contributed by atoms with E-state index >= 15 is 0 Å². The third-order valence-electron chi connectivity index (χ3n) is 4.14. The zero-order chi connectivity index (χ0) is 10.0. The Kier molecular flexibility index (Phi) is 3.56. The van der Waals surface area contributed by atoms with Gasteiger partial charge in [-0.25, -0.2) is 0 Å². The quantitative estimate of drug-likeness (QED) is 0.537. The second-order valence-corrected chi connectivity index (χ2v) is 5.86. The maximum atomic E-state index is 6.75. The first-order valence-corrected chi connectivity index (χ1v) is 7.21. The van der Waals surface area contributed by atoms with Crippen molar-refractivity contribution in [2.45, 2.75) is 56.4 Å². The summed E-state index contributed by atoms with van der Waals surface area (Å²) in [6, 6.07) is 0. The molecule has 0 amide bonds. The Bertz CT molecular complexity index is 170. The van der Waals surface area contributed by atoms with Crippen molar-refractivity contribution in [1.82, 2.24) is 0 Å². The average molecular weight is 233 g/mol. The third-order valence-corrected chi connectivity index (χ3v) is 5.84. The van der Waals surface area contributed by atoms with Crippen LogP contribution in [-0.2, 0) is 4.43 Å². The van der Waals surface area contributed by atoms with Crippen LogP contribution >= 0.6 is 11.6 Å². The minimum absolute atomic E-state index is 0.265. The van der Waals surface area contributed by atoms with Crippen molar-refractivity contribution in [3.63, 3.8) is 0 Å². The molecule has 3 heteroatoms. The fourth-order valence-corrected chi connectivity index (χ4v) is 4.41. The maximum absolute atomic E-state index is 6.75. The Morgan fingerprint density at radius 1 is 0.929 bits per heavy atom. The molecule has 0 aromatic rings. The molecule has 2 aliphatic carbocycles. The maximum Gasteiger partial charge on any atom is 0.148 e. The van der Waals surface area contributed by atoms with E-state index in [1.807, 2.05) is 0 Å². The zero-order valence-corrected chi connectivity index (χ0v) is 11.9. The van der Waals surface area contributed by atoms with Crippen molar-refractivity contribution >= 4 is 22.1 Å². The summed E-state index contributed by atoms with van der Waals surface area (Å²) >= 11 is 6.75. The molecular weight excluding hydrogens is 212 g/mol. The highest BCUT2D eigenvalue weighted by atomic mass is 35.5. The second kappa shape index (κ2) is 4.54. The van der Waals surface area contributed by atoms with Crippen LogP contribution in [-0.4, -0.2) is 15.5 Å². The van der Waals surface area contributed by atoms with E-state index < -0.39 is 0 Å². The molecule has 0 spiro atoms. The van der Waals surface area contributed by atoms with Gasteiger partial charge in [-0.15, -0.1) is 0 Å². The predicted octanol–water partition coefficient (Wildman–Crippen LogP) is 2.60. The van der Waals surface area contributed by atoms with E-state index in [1.165, 1.54) is 51.4 Å². The summed E-state index contributed by atoms with van der Waals surface area (Å²) in [6.07, 6.45) is 10.6. The van der Waals surface area contributed by atoms with Crippen LogP contribution in [0, 0.1) is 11.8 Å². The molecule has 2 saturated carbocycles. The molecule has 2 aliphatic rings. The monoisotopic (exact) mass is 232 g/mol. The number of halogens is 1. The Hall–Kier alpha value is 0.467. The van der Waals surface area contributed by atoms with Gasteiger partial charge in [0.15, 0.2) is 0 Å². The zero-order valence-electron chi connectivity index (χ0n) is 9.10. The van der Waals surface area contributed by atoms with Crippen molar-refractivity contribution in [3.8, 4) is 0 Å². The molecule has 0 radical (unpaired) electrons. The van der Waals surface area contributed by atoms with Crippen LogP contribution in [0.25, 0.3) is 0 Å². The van der Waals surface area contributed by atoms with E-state index in [2.05, 4.69) is 0 Å². The summed E-state index contributed by atoms with van der Waals surface area (Å²) in [7, 11) is 0.784. The Labute approximate surface area is 95.1 Å². The fourth-order valence-electron chi connectivity index (χ4n) is 3.31. The van der Waals surface area contributed by atoms with Gasteiger partial charge in [0.1, 0.15) is 15.5 Å². The minimum atomic E-state index is -0.265. The summed E-state index contributed by atoms with van der Waals surface area (Å²) in [5.41, 5.74) is 0. The Morgan fingerprint density at radius 2 is 1.29 bits per heavy atom. The lowest BCUT2D eigenvalue weighted by molar-refractivity contribution is 0.0443. The van der Waals surface area contributed by atoms with Gasteiger partial charge in [-0.05, 0) is 25.7 Å². The molecule has 0 aliphatic heterocycles. The number of alkyl halides is 1. The highest BCUT2D eigenvalue weighted by molar-refractivity contribution is 6.24. The van der Waals surface area contributed by atoms with Crippen molar-refractivity contribution < 1.29 is 4.43 Å². The van der Waals surface area contributed by atoms with E-state index in [1.54, 1.807) is 0 Å². The van der Waals surface area contributed by atoms with E-state index in [-0.39, 0.29) is 5.06 Å². The lowest BCUT2D eigenvalue weighted by Crippen LogP contribution is -2.40. The molecule has 2 rings (SSSR count). The van der Waals surface area contributed by atoms with Gasteiger partial charge >= 0.3 is 0 Å². The molecule has 0 bridgehead atoms. The van der Waals surface area contributed by atoms with E-state index in [4.69, 9.17) is 16.0 Å². The normalized spacial score (nSPS) is 26.4. The molecule has 0 aromatic heterocycles. The van der Waals surface area contributed by atoms with Crippen LogP contribution in [0.3, 0.4) is 0 Å². The highest BCUT2D eigenvalue weighted by Crippen LogP contribution is 2.48. The standard InChI is InChI=1S/C11H21ClOSi/c12-11(13-14,9-5-1-2-6-9)10-7-3-4-8-10/h9-10H,1-8H2,14H3. The summed E-state index contributed by atoms with van der Waals surface area (Å²) in [5, 5.41) is -0.265. The Balaban J connectivity index is 2.06. The minimum Gasteiger partial charge on any atom is -0.410 e. The summed E-state index contributed by atoms with van der Waals surface area (Å²) in [4.78, 5) is 0. The molecule has 1 nitrogen and oxygen atoms in total. The number of hydrogen-bond acceptors (Lipinski definition) is 1. The molecule has 0 aromatic carbocycles. The molecular formula is C11H21ClOSi. The van der Waals surface area contributed by atoms with Crippen LogP contribution < -0.4 is 0 Å². The van der Waals surface area contributed by atoms with Gasteiger partial charge in [-0.1, -0.05) is 37.3 Å². The van der Waals surface area contributed by atoms with Gasteiger partial charge in [0.05, 0.1) is 0 Å². The molecule has 0 unspecified atom stereocenters. The van der Waals surface area contributed by atoms with E-state index in [0.29, 0.717) is 11.8 Å². The third kappa shape index (κ3) is 1.89. The van der Waals surface area contributed by atoms with Crippen molar-refractivity contribution in [1.29, 1.82) is 0 Å². The van der Waals surface area contributed by atoms with Gasteiger partial charge in [-0.3, -0.25) is 0 Å². The summed E-state index contributed by atoms with van der Waals surface area (Å²) in [6.45, 7) is 0. The summed E-state index contributed by atoms with van der Waals surface area (Å²) < 4.78 is 5.81. The topological polar surface area (TPSA) is 9.23 Å². The molecule has 82 valence electrons. The number of hydrogen-bond donors (Lipinski definition) is 0. The van der Waals surface area contributed by atoms with Crippen molar-refractivity contribution in [3.05, 3.63) is 0 Å². The number of rotatable bonds is 3. The van der Waals surface area contributed by atoms with Crippen molar-refractivity contribution in [2.75, 3.05) is 0 Å². The largest absolute Gasteiger partial charge is 0.410 e. The van der Waals surface area contributed by atoms with Crippen LogP contribution in [0.4, 0.5) is 0 Å². The molecule has 0 N–H and O–H groups in total. The van der Waals surface area contributed by atoms with Crippen LogP contribution in [0.5, 0.6) is 0 Å². The highest BCUT2D eigenvalue weighted by Gasteiger charge is 2.45. The SMILES string of the molecule is [SiH3]OC(Cl)(C1CCCC1)C1CCCC1.